The summed E-state index contributed by atoms with van der Waals surface area (Å²) >= 11 is 0. The fourth-order valence-electron chi connectivity index (χ4n) is 1.85. The topological polar surface area (TPSA) is 96.3 Å². The Bertz CT molecular complexity index is 433. The van der Waals surface area contributed by atoms with Crippen LogP contribution in [-0.4, -0.2) is 38.7 Å². The van der Waals surface area contributed by atoms with Crippen molar-refractivity contribution in [2.75, 3.05) is 0 Å². The minimum Gasteiger partial charge on any atom is -0.480 e. The highest BCUT2D eigenvalue weighted by Gasteiger charge is 2.25. The predicted molar refractivity (Wildman–Crippen MR) is 74.2 cm³/mol. The monoisotopic (exact) mass is 282 g/mol. The average Bonchev–Trinajstić information content (AvgIpc) is 2.87. The molecule has 20 heavy (non-hydrogen) atoms. The highest BCUT2D eigenvalue weighted by molar-refractivity contribution is 5.82. The minimum atomic E-state index is -1.02. The Labute approximate surface area is 118 Å². The fraction of sp³-hybridized carbons (Fsp3) is 0.615. The number of aliphatic carboxylic acids is 1. The van der Waals surface area contributed by atoms with Gasteiger partial charge in [0.25, 0.3) is 0 Å². The highest BCUT2D eigenvalue weighted by Crippen LogP contribution is 2.07. The summed E-state index contributed by atoms with van der Waals surface area (Å²) < 4.78 is 1.84. The van der Waals surface area contributed by atoms with Crippen LogP contribution in [0.15, 0.2) is 18.7 Å². The number of carbonyl (C=O) groups is 2. The first-order valence-electron chi connectivity index (χ1n) is 6.69. The number of aromatic nitrogens is 2. The van der Waals surface area contributed by atoms with Crippen molar-refractivity contribution in [3.8, 4) is 0 Å². The van der Waals surface area contributed by atoms with Gasteiger partial charge in [-0.05, 0) is 12.8 Å². The first-order chi connectivity index (χ1) is 9.43. The number of imidazole rings is 1. The molecule has 0 saturated heterocycles. The average molecular weight is 282 g/mol. The van der Waals surface area contributed by atoms with Gasteiger partial charge in [-0.25, -0.2) is 14.6 Å². The Hall–Kier alpha value is -2.05. The van der Waals surface area contributed by atoms with E-state index in [2.05, 4.69) is 15.6 Å². The summed E-state index contributed by atoms with van der Waals surface area (Å²) in [5.74, 6) is -1.14. The van der Waals surface area contributed by atoms with Crippen LogP contribution >= 0.6 is 0 Å². The van der Waals surface area contributed by atoms with Gasteiger partial charge in [0, 0.05) is 25.0 Å². The van der Waals surface area contributed by atoms with E-state index in [4.69, 9.17) is 5.11 Å². The smallest absolute Gasteiger partial charge is 0.326 e. The molecular formula is C13H22N4O3. The lowest BCUT2D eigenvalue weighted by Gasteiger charge is -2.22. The molecule has 0 aliphatic heterocycles. The molecule has 1 rings (SSSR count). The SMILES string of the molecule is CCC(C)C(NC(=O)NC(C)Cn1ccnc1)C(=O)O. The van der Waals surface area contributed by atoms with Gasteiger partial charge < -0.3 is 20.3 Å². The van der Waals surface area contributed by atoms with Crippen LogP contribution in [0, 0.1) is 5.92 Å². The van der Waals surface area contributed by atoms with E-state index in [1.165, 1.54) is 0 Å². The lowest BCUT2D eigenvalue weighted by molar-refractivity contribution is -0.140. The van der Waals surface area contributed by atoms with Crippen molar-refractivity contribution in [1.29, 1.82) is 0 Å². The van der Waals surface area contributed by atoms with Gasteiger partial charge in [-0.2, -0.15) is 0 Å². The van der Waals surface area contributed by atoms with E-state index in [0.29, 0.717) is 13.0 Å². The number of hydrogen-bond acceptors (Lipinski definition) is 3. The van der Waals surface area contributed by atoms with Crippen molar-refractivity contribution < 1.29 is 14.7 Å². The molecule has 7 heteroatoms. The van der Waals surface area contributed by atoms with Crippen LogP contribution in [0.1, 0.15) is 27.2 Å². The summed E-state index contributed by atoms with van der Waals surface area (Å²) in [5, 5.41) is 14.3. The summed E-state index contributed by atoms with van der Waals surface area (Å²) in [6, 6.07) is -1.47. The number of rotatable bonds is 7. The molecule has 0 radical (unpaired) electrons. The maximum absolute atomic E-state index is 11.8. The van der Waals surface area contributed by atoms with Gasteiger partial charge >= 0.3 is 12.0 Å². The third kappa shape index (κ3) is 4.91. The van der Waals surface area contributed by atoms with E-state index in [1.54, 1.807) is 25.6 Å². The number of urea groups is 1. The molecule has 3 N–H and O–H groups in total. The zero-order valence-electron chi connectivity index (χ0n) is 12.0. The van der Waals surface area contributed by atoms with Crippen molar-refractivity contribution in [1.82, 2.24) is 20.2 Å². The second kappa shape index (κ2) is 7.52. The Kier molecular flexibility index (Phi) is 6.02. The quantitative estimate of drug-likeness (QED) is 0.697. The second-order valence-electron chi connectivity index (χ2n) is 4.98. The number of nitrogens with one attached hydrogen (secondary N) is 2. The van der Waals surface area contributed by atoms with Crippen molar-refractivity contribution in [3.63, 3.8) is 0 Å². The van der Waals surface area contributed by atoms with Gasteiger partial charge in [-0.3, -0.25) is 0 Å². The second-order valence-corrected chi connectivity index (χ2v) is 4.98. The molecule has 3 unspecified atom stereocenters. The number of carbonyl (C=O) groups excluding carboxylic acids is 1. The van der Waals surface area contributed by atoms with Gasteiger partial charge in [0.1, 0.15) is 6.04 Å². The van der Waals surface area contributed by atoms with Crippen LogP contribution in [0.25, 0.3) is 0 Å². The Morgan fingerprint density at radius 2 is 2.05 bits per heavy atom. The van der Waals surface area contributed by atoms with Crippen LogP contribution in [-0.2, 0) is 11.3 Å². The predicted octanol–water partition coefficient (Wildman–Crippen LogP) is 1.07. The van der Waals surface area contributed by atoms with Gasteiger partial charge in [0.15, 0.2) is 0 Å². The molecule has 3 atom stereocenters. The summed E-state index contributed by atoms with van der Waals surface area (Å²) in [4.78, 5) is 26.8. The third-order valence-corrected chi connectivity index (χ3v) is 3.19. The molecule has 112 valence electrons. The van der Waals surface area contributed by atoms with Crippen LogP contribution in [0.2, 0.25) is 0 Å². The van der Waals surface area contributed by atoms with E-state index in [9.17, 15) is 9.59 Å². The molecule has 0 fully saturated rings. The van der Waals surface area contributed by atoms with Crippen molar-refractivity contribution in [2.24, 2.45) is 5.92 Å². The zero-order valence-corrected chi connectivity index (χ0v) is 12.0. The van der Waals surface area contributed by atoms with Gasteiger partial charge in [-0.15, -0.1) is 0 Å². The van der Waals surface area contributed by atoms with E-state index >= 15 is 0 Å². The lowest BCUT2D eigenvalue weighted by Crippen LogP contribution is -2.51. The van der Waals surface area contributed by atoms with Gasteiger partial charge in [-0.1, -0.05) is 20.3 Å². The number of nitrogens with zero attached hydrogens (tertiary/aromatic N) is 2. The maximum Gasteiger partial charge on any atom is 0.326 e. The number of hydrogen-bond donors (Lipinski definition) is 3. The highest BCUT2D eigenvalue weighted by atomic mass is 16.4. The molecule has 0 aromatic carbocycles. The first kappa shape index (κ1) is 16.0. The molecule has 0 aliphatic carbocycles. The zero-order chi connectivity index (χ0) is 15.1. The molecule has 0 saturated carbocycles. The third-order valence-electron chi connectivity index (χ3n) is 3.19. The van der Waals surface area contributed by atoms with E-state index in [1.807, 2.05) is 18.4 Å². The normalized spacial score (nSPS) is 15.2. The summed E-state index contributed by atoms with van der Waals surface area (Å²) in [6.45, 7) is 6.11. The molecule has 1 aromatic heterocycles. The summed E-state index contributed by atoms with van der Waals surface area (Å²) in [6.07, 6.45) is 5.81. The van der Waals surface area contributed by atoms with Crippen molar-refractivity contribution in [2.45, 2.75) is 45.8 Å². The lowest BCUT2D eigenvalue weighted by atomic mass is 9.99. The molecule has 2 amide bonds. The van der Waals surface area contributed by atoms with Crippen LogP contribution < -0.4 is 10.6 Å². The van der Waals surface area contributed by atoms with Crippen molar-refractivity contribution in [3.05, 3.63) is 18.7 Å². The molecule has 0 spiro atoms. The number of carboxylic acid groups (broad SMARTS) is 1. The molecule has 1 aromatic rings. The van der Waals surface area contributed by atoms with Crippen LogP contribution in [0.4, 0.5) is 4.79 Å². The number of carboxylic acids is 1. The standard InChI is InChI=1S/C13H22N4O3/c1-4-9(2)11(12(18)19)16-13(20)15-10(3)7-17-6-5-14-8-17/h5-6,8-11H,4,7H2,1-3H3,(H,18,19)(H2,15,16,20). The van der Waals surface area contributed by atoms with E-state index < -0.39 is 18.0 Å². The summed E-state index contributed by atoms with van der Waals surface area (Å²) in [5.41, 5.74) is 0. The van der Waals surface area contributed by atoms with Crippen LogP contribution in [0.3, 0.4) is 0 Å². The molecular weight excluding hydrogens is 260 g/mol. The molecule has 7 nitrogen and oxygen atoms in total. The Morgan fingerprint density at radius 1 is 1.35 bits per heavy atom. The Morgan fingerprint density at radius 3 is 2.55 bits per heavy atom. The first-order valence-corrected chi connectivity index (χ1v) is 6.69. The van der Waals surface area contributed by atoms with Gasteiger partial charge in [0.05, 0.1) is 6.33 Å². The number of amides is 2. The van der Waals surface area contributed by atoms with E-state index in [-0.39, 0.29) is 12.0 Å². The Balaban J connectivity index is 2.46. The maximum atomic E-state index is 11.8. The van der Waals surface area contributed by atoms with Gasteiger partial charge in [0.2, 0.25) is 0 Å². The molecule has 0 bridgehead atoms. The fourth-order valence-corrected chi connectivity index (χ4v) is 1.85. The van der Waals surface area contributed by atoms with Crippen molar-refractivity contribution >= 4 is 12.0 Å². The largest absolute Gasteiger partial charge is 0.480 e. The molecule has 0 aliphatic rings. The van der Waals surface area contributed by atoms with E-state index in [0.717, 1.165) is 0 Å². The minimum absolute atomic E-state index is 0.123. The van der Waals surface area contributed by atoms with Crippen LogP contribution in [0.5, 0.6) is 0 Å². The molecule has 1 heterocycles. The summed E-state index contributed by atoms with van der Waals surface area (Å²) in [7, 11) is 0.